The van der Waals surface area contributed by atoms with E-state index >= 15 is 0 Å². The number of ketones is 1. The molecular formula is C24H18N2O6S. The fourth-order valence-electron chi connectivity index (χ4n) is 3.31. The number of carbonyl (C=O) groups is 2. The van der Waals surface area contributed by atoms with E-state index in [1.165, 1.54) is 55.7 Å². The number of nitrogens with one attached hydrogen (secondary N) is 1. The number of Topliss-reactive ketones (excluding diaryl/α,β-unsaturated/α-hetero) is 1. The number of hydrogen-bond donors (Lipinski definition) is 2. The number of benzene rings is 3. The summed E-state index contributed by atoms with van der Waals surface area (Å²) < 4.78 is 34.9. The zero-order valence-electron chi connectivity index (χ0n) is 17.3. The Morgan fingerprint density at radius 1 is 0.970 bits per heavy atom. The number of rotatable bonds is 6. The molecule has 0 saturated heterocycles. The van der Waals surface area contributed by atoms with Gasteiger partial charge in [-0.05, 0) is 48.5 Å². The number of allylic oxidation sites excluding steroid dienone is 2. The molecule has 0 atom stereocenters. The Balaban J connectivity index is 1.78. The van der Waals surface area contributed by atoms with Gasteiger partial charge in [-0.2, -0.15) is 12.8 Å². The standard InChI is InChI=1S/C24H18N2O6S/c1-32-17-9-11-18(12-10-17)33(30,31)26-21-14-22(23(27)20-8-3-2-7-19(20)21)25-16-6-4-5-15(13-16)24(28)29/h2-14,25H,1H3,(H,28,29)/b26-21-. The second-order valence-electron chi connectivity index (χ2n) is 7.07. The van der Waals surface area contributed by atoms with Crippen LogP contribution in [0, 0.1) is 0 Å². The normalized spacial score (nSPS) is 14.4. The molecule has 0 heterocycles. The molecule has 33 heavy (non-hydrogen) atoms. The minimum absolute atomic E-state index is 0.0257. The number of anilines is 1. The van der Waals surface area contributed by atoms with Gasteiger partial charge in [-0.1, -0.05) is 30.3 Å². The molecule has 0 aliphatic heterocycles. The van der Waals surface area contributed by atoms with Crippen LogP contribution < -0.4 is 10.1 Å². The molecule has 9 heteroatoms. The van der Waals surface area contributed by atoms with Crippen LogP contribution in [0.3, 0.4) is 0 Å². The maximum Gasteiger partial charge on any atom is 0.335 e. The SMILES string of the molecule is COc1ccc(S(=O)(=O)/N=C2/C=C(Nc3cccc(C(=O)O)c3)C(=O)c3ccccc32)cc1. The summed E-state index contributed by atoms with van der Waals surface area (Å²) in [7, 11) is -2.61. The van der Waals surface area contributed by atoms with Crippen molar-refractivity contribution < 1.29 is 27.9 Å². The Kier molecular flexibility index (Phi) is 5.80. The van der Waals surface area contributed by atoms with Crippen LogP contribution in [0.15, 0.2) is 93.9 Å². The van der Waals surface area contributed by atoms with Crippen molar-refractivity contribution in [2.24, 2.45) is 4.40 Å². The first-order valence-corrected chi connectivity index (χ1v) is 11.2. The Morgan fingerprint density at radius 3 is 2.33 bits per heavy atom. The van der Waals surface area contributed by atoms with Gasteiger partial charge in [0.15, 0.2) is 0 Å². The lowest BCUT2D eigenvalue weighted by Gasteiger charge is -2.19. The van der Waals surface area contributed by atoms with Gasteiger partial charge in [0, 0.05) is 16.8 Å². The van der Waals surface area contributed by atoms with Crippen molar-refractivity contribution >= 4 is 33.2 Å². The highest BCUT2D eigenvalue weighted by Crippen LogP contribution is 2.26. The van der Waals surface area contributed by atoms with Crippen LogP contribution >= 0.6 is 0 Å². The zero-order valence-corrected chi connectivity index (χ0v) is 18.2. The van der Waals surface area contributed by atoms with E-state index in [9.17, 15) is 23.1 Å². The molecule has 0 spiro atoms. The highest BCUT2D eigenvalue weighted by molar-refractivity contribution is 7.90. The summed E-state index contributed by atoms with van der Waals surface area (Å²) in [5.41, 5.74) is 1.22. The van der Waals surface area contributed by atoms with Crippen molar-refractivity contribution in [3.05, 3.63) is 101 Å². The number of ether oxygens (including phenoxy) is 1. The molecular weight excluding hydrogens is 444 g/mol. The van der Waals surface area contributed by atoms with Crippen LogP contribution in [-0.2, 0) is 10.0 Å². The van der Waals surface area contributed by atoms with E-state index in [-0.39, 0.29) is 33.2 Å². The first kappa shape index (κ1) is 22.0. The maximum absolute atomic E-state index is 13.0. The molecule has 1 aliphatic rings. The van der Waals surface area contributed by atoms with Crippen LogP contribution in [0.5, 0.6) is 5.75 Å². The van der Waals surface area contributed by atoms with Crippen molar-refractivity contribution in [3.63, 3.8) is 0 Å². The lowest BCUT2D eigenvalue weighted by atomic mass is 9.92. The van der Waals surface area contributed by atoms with Crippen LogP contribution in [0.25, 0.3) is 0 Å². The van der Waals surface area contributed by atoms with Gasteiger partial charge in [0.25, 0.3) is 10.0 Å². The largest absolute Gasteiger partial charge is 0.497 e. The molecule has 0 aromatic heterocycles. The molecule has 0 saturated carbocycles. The van der Waals surface area contributed by atoms with Gasteiger partial charge in [-0.3, -0.25) is 4.79 Å². The van der Waals surface area contributed by atoms with E-state index in [4.69, 9.17) is 4.74 Å². The average molecular weight is 462 g/mol. The Hall–Kier alpha value is -4.24. The fourth-order valence-corrected chi connectivity index (χ4v) is 4.31. The van der Waals surface area contributed by atoms with E-state index in [1.807, 2.05) is 0 Å². The Bertz CT molecular complexity index is 1420. The fraction of sp³-hybridized carbons (Fsp3) is 0.0417. The lowest BCUT2D eigenvalue weighted by molar-refractivity contribution is 0.0696. The van der Waals surface area contributed by atoms with Crippen molar-refractivity contribution in [1.29, 1.82) is 0 Å². The predicted octanol–water partition coefficient (Wildman–Crippen LogP) is 3.76. The molecule has 8 nitrogen and oxygen atoms in total. The van der Waals surface area contributed by atoms with Gasteiger partial charge < -0.3 is 15.2 Å². The molecule has 2 N–H and O–H groups in total. The minimum atomic E-state index is -4.09. The van der Waals surface area contributed by atoms with E-state index in [1.54, 1.807) is 30.3 Å². The first-order chi connectivity index (χ1) is 15.8. The minimum Gasteiger partial charge on any atom is -0.497 e. The number of nitrogens with zero attached hydrogens (tertiary/aromatic N) is 1. The van der Waals surface area contributed by atoms with E-state index in [0.29, 0.717) is 17.0 Å². The number of sulfonamides is 1. The van der Waals surface area contributed by atoms with Crippen LogP contribution in [0.4, 0.5) is 5.69 Å². The molecule has 1 aliphatic carbocycles. The molecule has 166 valence electrons. The van der Waals surface area contributed by atoms with Gasteiger partial charge >= 0.3 is 5.97 Å². The third kappa shape index (κ3) is 4.53. The smallest absolute Gasteiger partial charge is 0.335 e. The molecule has 3 aromatic carbocycles. The summed E-state index contributed by atoms with van der Waals surface area (Å²) in [4.78, 5) is 24.3. The van der Waals surface area contributed by atoms with Crippen molar-refractivity contribution in [1.82, 2.24) is 0 Å². The van der Waals surface area contributed by atoms with Crippen molar-refractivity contribution in [3.8, 4) is 5.75 Å². The first-order valence-electron chi connectivity index (χ1n) is 9.74. The van der Waals surface area contributed by atoms with Gasteiger partial charge in [0.2, 0.25) is 5.78 Å². The predicted molar refractivity (Wildman–Crippen MR) is 123 cm³/mol. The second-order valence-corrected chi connectivity index (χ2v) is 8.67. The van der Waals surface area contributed by atoms with E-state index < -0.39 is 16.0 Å². The van der Waals surface area contributed by atoms with Gasteiger partial charge in [0.05, 0.1) is 29.0 Å². The van der Waals surface area contributed by atoms with Gasteiger partial charge in [-0.25, -0.2) is 4.79 Å². The molecule has 0 fully saturated rings. The lowest BCUT2D eigenvalue weighted by Crippen LogP contribution is -2.22. The average Bonchev–Trinajstić information content (AvgIpc) is 2.82. The summed E-state index contributed by atoms with van der Waals surface area (Å²) in [5, 5.41) is 12.1. The van der Waals surface area contributed by atoms with Crippen LogP contribution in [0.1, 0.15) is 26.3 Å². The maximum atomic E-state index is 13.0. The summed E-state index contributed by atoms with van der Waals surface area (Å²) in [6, 6.07) is 18.3. The number of methoxy groups -OCH3 is 1. The molecule has 0 bridgehead atoms. The van der Waals surface area contributed by atoms with Gasteiger partial charge in [-0.15, -0.1) is 0 Å². The topological polar surface area (TPSA) is 122 Å². The number of carboxylic acid groups (broad SMARTS) is 1. The Morgan fingerprint density at radius 2 is 1.67 bits per heavy atom. The number of hydrogen-bond acceptors (Lipinski definition) is 6. The van der Waals surface area contributed by atoms with Crippen molar-refractivity contribution in [2.75, 3.05) is 12.4 Å². The molecule has 4 rings (SSSR count). The number of aromatic carboxylic acids is 1. The summed E-state index contributed by atoms with van der Waals surface area (Å²) in [5.74, 6) is -0.974. The monoisotopic (exact) mass is 462 g/mol. The molecule has 0 unspecified atom stereocenters. The molecule has 3 aromatic rings. The van der Waals surface area contributed by atoms with E-state index in [2.05, 4.69) is 9.71 Å². The number of carbonyl (C=O) groups excluding carboxylic acids is 1. The Labute approximate surface area is 189 Å². The van der Waals surface area contributed by atoms with Crippen molar-refractivity contribution in [2.45, 2.75) is 4.90 Å². The number of fused-ring (bicyclic) bond motifs is 1. The van der Waals surface area contributed by atoms with E-state index in [0.717, 1.165) is 0 Å². The summed E-state index contributed by atoms with van der Waals surface area (Å²) in [6.07, 6.45) is 1.35. The molecule has 0 radical (unpaired) electrons. The van der Waals surface area contributed by atoms with Gasteiger partial charge in [0.1, 0.15) is 5.75 Å². The highest BCUT2D eigenvalue weighted by Gasteiger charge is 2.26. The quantitative estimate of drug-likeness (QED) is 0.572. The summed E-state index contributed by atoms with van der Waals surface area (Å²) in [6.45, 7) is 0. The zero-order chi connectivity index (χ0) is 23.6. The van der Waals surface area contributed by atoms with Crippen LogP contribution in [-0.4, -0.2) is 38.1 Å². The second kappa shape index (κ2) is 8.71. The van der Waals surface area contributed by atoms with Crippen LogP contribution in [0.2, 0.25) is 0 Å². The third-order valence-corrected chi connectivity index (χ3v) is 6.24. The number of carboxylic acids is 1. The summed E-state index contributed by atoms with van der Waals surface area (Å²) >= 11 is 0. The third-order valence-electron chi connectivity index (χ3n) is 4.94. The highest BCUT2D eigenvalue weighted by atomic mass is 32.2. The molecule has 0 amide bonds.